The minimum Gasteiger partial charge on any atom is -0.493 e. The van der Waals surface area contributed by atoms with Gasteiger partial charge in [-0.3, -0.25) is 0 Å². The van der Waals surface area contributed by atoms with Crippen molar-refractivity contribution in [3.05, 3.63) is 41.5 Å². The number of imidazole rings is 1. The lowest BCUT2D eigenvalue weighted by molar-refractivity contribution is 0.316. The van der Waals surface area contributed by atoms with E-state index in [9.17, 15) is 4.39 Å². The normalized spacial score (nSPS) is 11.2. The van der Waals surface area contributed by atoms with Gasteiger partial charge in [0.25, 0.3) is 0 Å². The zero-order valence-electron chi connectivity index (χ0n) is 11.5. The maximum Gasteiger partial charge on any atom is 0.221 e. The first-order valence-electron chi connectivity index (χ1n) is 6.37. The molecule has 0 atom stereocenters. The van der Waals surface area contributed by atoms with Crippen LogP contribution >= 0.6 is 0 Å². The fourth-order valence-corrected chi connectivity index (χ4v) is 1.69. The summed E-state index contributed by atoms with van der Waals surface area (Å²) in [5.41, 5.74) is 7.04. The van der Waals surface area contributed by atoms with Crippen LogP contribution in [0.2, 0.25) is 0 Å². The Morgan fingerprint density at radius 1 is 1.45 bits per heavy atom. The average molecular weight is 276 g/mol. The summed E-state index contributed by atoms with van der Waals surface area (Å²) in [4.78, 5) is 4.03. The fourth-order valence-electron chi connectivity index (χ4n) is 1.69. The molecule has 106 valence electrons. The molecule has 0 saturated heterocycles. The Morgan fingerprint density at radius 2 is 2.25 bits per heavy atom. The highest BCUT2D eigenvalue weighted by Gasteiger charge is 2.02. The highest BCUT2D eigenvalue weighted by atomic mass is 19.1. The van der Waals surface area contributed by atoms with E-state index >= 15 is 0 Å². The molecule has 0 unspecified atom stereocenters. The smallest absolute Gasteiger partial charge is 0.221 e. The van der Waals surface area contributed by atoms with Crippen LogP contribution in [0.3, 0.4) is 0 Å². The van der Waals surface area contributed by atoms with E-state index in [1.807, 2.05) is 13.8 Å². The largest absolute Gasteiger partial charge is 0.493 e. The van der Waals surface area contributed by atoms with Crippen molar-refractivity contribution >= 4 is 12.2 Å². The Labute approximate surface area is 116 Å². The van der Waals surface area contributed by atoms with E-state index in [-0.39, 0.29) is 11.8 Å². The van der Waals surface area contributed by atoms with Crippen molar-refractivity contribution in [3.8, 4) is 5.75 Å². The highest BCUT2D eigenvalue weighted by molar-refractivity contribution is 5.80. The predicted octanol–water partition coefficient (Wildman–Crippen LogP) is 2.58. The molecule has 0 fully saturated rings. The monoisotopic (exact) mass is 276 g/mol. The van der Waals surface area contributed by atoms with Crippen molar-refractivity contribution < 1.29 is 9.13 Å². The predicted molar refractivity (Wildman–Crippen MR) is 76.6 cm³/mol. The van der Waals surface area contributed by atoms with Crippen molar-refractivity contribution in [1.82, 2.24) is 9.66 Å². The first-order chi connectivity index (χ1) is 9.58. The standard InChI is InChI=1S/C14H17FN4O/c1-3-4-20-13-6-11(5-12(15)7-13)8-17-19-9-10(2)18-14(19)16/h5-9H,3-4H2,1-2H3,(H2,16,18). The Bertz CT molecular complexity index is 622. The van der Waals surface area contributed by atoms with Crippen LogP contribution in [-0.2, 0) is 0 Å². The molecule has 5 nitrogen and oxygen atoms in total. The molecule has 2 aromatic rings. The van der Waals surface area contributed by atoms with Gasteiger partial charge in [-0.1, -0.05) is 6.92 Å². The quantitative estimate of drug-likeness (QED) is 0.854. The molecule has 0 radical (unpaired) electrons. The third-order valence-electron chi connectivity index (χ3n) is 2.53. The Hall–Kier alpha value is -2.37. The second-order valence-corrected chi connectivity index (χ2v) is 4.40. The van der Waals surface area contributed by atoms with Gasteiger partial charge in [-0.2, -0.15) is 5.10 Å². The van der Waals surface area contributed by atoms with Crippen molar-refractivity contribution in [2.75, 3.05) is 12.3 Å². The first-order valence-corrected chi connectivity index (χ1v) is 6.37. The molecule has 2 N–H and O–H groups in total. The maximum atomic E-state index is 13.5. The molecule has 0 bridgehead atoms. The number of anilines is 1. The van der Waals surface area contributed by atoms with Gasteiger partial charge in [0.05, 0.1) is 24.7 Å². The first kappa shape index (κ1) is 14.0. The minimum atomic E-state index is -0.366. The molecule has 0 aliphatic carbocycles. The summed E-state index contributed by atoms with van der Waals surface area (Å²) in [5.74, 6) is 0.413. The van der Waals surface area contributed by atoms with Gasteiger partial charge in [0.2, 0.25) is 5.95 Å². The van der Waals surface area contributed by atoms with E-state index in [2.05, 4.69) is 10.1 Å². The molecule has 0 aliphatic rings. The summed E-state index contributed by atoms with van der Waals surface area (Å²) < 4.78 is 20.3. The third-order valence-corrected chi connectivity index (χ3v) is 2.53. The number of hydrogen-bond acceptors (Lipinski definition) is 4. The molecule has 0 spiro atoms. The van der Waals surface area contributed by atoms with Gasteiger partial charge in [0.15, 0.2) is 0 Å². The van der Waals surface area contributed by atoms with Crippen LogP contribution in [0.5, 0.6) is 5.75 Å². The molecular formula is C14H17FN4O. The molecule has 1 aromatic heterocycles. The van der Waals surface area contributed by atoms with Gasteiger partial charge < -0.3 is 10.5 Å². The van der Waals surface area contributed by atoms with Crippen molar-refractivity contribution in [2.24, 2.45) is 5.10 Å². The SMILES string of the molecule is CCCOc1cc(F)cc(C=Nn2cc(C)nc2N)c1. The van der Waals surface area contributed by atoms with E-state index in [1.54, 1.807) is 12.3 Å². The summed E-state index contributed by atoms with van der Waals surface area (Å²) in [6, 6.07) is 4.45. The third kappa shape index (κ3) is 3.57. The molecule has 1 heterocycles. The number of hydrogen-bond donors (Lipinski definition) is 1. The Morgan fingerprint density at radius 3 is 2.90 bits per heavy atom. The lowest BCUT2D eigenvalue weighted by Crippen LogP contribution is -1.99. The number of ether oxygens (including phenoxy) is 1. The van der Waals surface area contributed by atoms with E-state index in [0.717, 1.165) is 12.1 Å². The van der Waals surface area contributed by atoms with E-state index in [4.69, 9.17) is 10.5 Å². The number of benzene rings is 1. The molecule has 0 amide bonds. The molecule has 1 aromatic carbocycles. The lowest BCUT2D eigenvalue weighted by Gasteiger charge is -2.05. The molecule has 6 heteroatoms. The maximum absolute atomic E-state index is 13.5. The van der Waals surface area contributed by atoms with Gasteiger partial charge in [-0.05, 0) is 25.5 Å². The van der Waals surface area contributed by atoms with Crippen LogP contribution in [0.15, 0.2) is 29.5 Å². The summed E-state index contributed by atoms with van der Waals surface area (Å²) in [5, 5.41) is 4.14. The van der Waals surface area contributed by atoms with E-state index < -0.39 is 0 Å². The zero-order chi connectivity index (χ0) is 14.5. The number of halogens is 1. The van der Waals surface area contributed by atoms with Crippen molar-refractivity contribution in [2.45, 2.75) is 20.3 Å². The number of aromatic nitrogens is 2. The van der Waals surface area contributed by atoms with Gasteiger partial charge >= 0.3 is 0 Å². The van der Waals surface area contributed by atoms with Crippen LogP contribution in [0.4, 0.5) is 10.3 Å². The average Bonchev–Trinajstić information content (AvgIpc) is 2.72. The van der Waals surface area contributed by atoms with Gasteiger partial charge in [-0.15, -0.1) is 0 Å². The van der Waals surface area contributed by atoms with Crippen LogP contribution < -0.4 is 10.5 Å². The van der Waals surface area contributed by atoms with Gasteiger partial charge in [-0.25, -0.2) is 14.1 Å². The molecular weight excluding hydrogens is 259 g/mol. The molecule has 0 saturated carbocycles. The lowest BCUT2D eigenvalue weighted by atomic mass is 10.2. The van der Waals surface area contributed by atoms with E-state index in [0.29, 0.717) is 17.9 Å². The number of nitrogens with two attached hydrogens (primary N) is 1. The summed E-state index contributed by atoms with van der Waals surface area (Å²) in [7, 11) is 0. The summed E-state index contributed by atoms with van der Waals surface area (Å²) >= 11 is 0. The second-order valence-electron chi connectivity index (χ2n) is 4.40. The number of rotatable bonds is 5. The summed E-state index contributed by atoms with van der Waals surface area (Å²) in [6.07, 6.45) is 4.07. The van der Waals surface area contributed by atoms with Gasteiger partial charge in [0.1, 0.15) is 11.6 Å². The zero-order valence-corrected chi connectivity index (χ0v) is 11.5. The molecule has 20 heavy (non-hydrogen) atoms. The number of aryl methyl sites for hydroxylation is 1. The summed E-state index contributed by atoms with van der Waals surface area (Å²) in [6.45, 7) is 4.36. The van der Waals surface area contributed by atoms with Crippen LogP contribution in [-0.4, -0.2) is 22.5 Å². The van der Waals surface area contributed by atoms with Crippen LogP contribution in [0.25, 0.3) is 0 Å². The van der Waals surface area contributed by atoms with Crippen molar-refractivity contribution in [1.29, 1.82) is 0 Å². The van der Waals surface area contributed by atoms with Gasteiger partial charge in [0, 0.05) is 11.6 Å². The van der Waals surface area contributed by atoms with Crippen LogP contribution in [0.1, 0.15) is 24.6 Å². The van der Waals surface area contributed by atoms with Crippen LogP contribution in [0, 0.1) is 12.7 Å². The minimum absolute atomic E-state index is 0.289. The number of nitrogens with zero attached hydrogens (tertiary/aromatic N) is 3. The fraction of sp³-hybridized carbons (Fsp3) is 0.286. The Balaban J connectivity index is 2.20. The van der Waals surface area contributed by atoms with E-state index in [1.165, 1.54) is 23.0 Å². The number of nitrogen functional groups attached to an aromatic ring is 1. The molecule has 2 rings (SSSR count). The Kier molecular flexibility index (Phi) is 4.34. The topological polar surface area (TPSA) is 65.4 Å². The highest BCUT2D eigenvalue weighted by Crippen LogP contribution is 2.16. The van der Waals surface area contributed by atoms with Crippen molar-refractivity contribution in [3.63, 3.8) is 0 Å². The molecule has 0 aliphatic heterocycles. The second kappa shape index (κ2) is 6.18.